The van der Waals surface area contributed by atoms with Crippen LogP contribution in [0.15, 0.2) is 47.4 Å². The van der Waals surface area contributed by atoms with E-state index in [2.05, 4.69) is 63.2 Å². The first kappa shape index (κ1) is 19.4. The largest absolute Gasteiger partial charge is 0.309 e. The van der Waals surface area contributed by atoms with Crippen LogP contribution in [-0.2, 0) is 12.8 Å². The standard InChI is InChI=1S/C21H28ClNS/c1-5-16-11-12-20(17(6-2)15-16)24-21(13-14-23(3)4)18-9-7-8-10-19(18)22/h7-12,15,21H,5-6,13-14H2,1-4H3. The quantitative estimate of drug-likeness (QED) is 0.511. The summed E-state index contributed by atoms with van der Waals surface area (Å²) in [5, 5.41) is 1.25. The number of rotatable bonds is 8. The van der Waals surface area contributed by atoms with Gasteiger partial charge in [-0.2, -0.15) is 0 Å². The van der Waals surface area contributed by atoms with Crippen molar-refractivity contribution in [3.05, 3.63) is 64.2 Å². The van der Waals surface area contributed by atoms with Gasteiger partial charge in [-0.25, -0.2) is 0 Å². The minimum atomic E-state index is 0.374. The molecule has 0 N–H and O–H groups in total. The molecule has 2 aromatic rings. The van der Waals surface area contributed by atoms with Gasteiger partial charge in [0.15, 0.2) is 0 Å². The normalized spacial score (nSPS) is 12.6. The van der Waals surface area contributed by atoms with Crippen LogP contribution in [0.3, 0.4) is 0 Å². The minimum Gasteiger partial charge on any atom is -0.309 e. The molecule has 2 rings (SSSR count). The van der Waals surface area contributed by atoms with Gasteiger partial charge in [0, 0.05) is 15.2 Å². The second-order valence-corrected chi connectivity index (χ2v) is 8.02. The zero-order valence-corrected chi connectivity index (χ0v) is 16.8. The summed E-state index contributed by atoms with van der Waals surface area (Å²) >= 11 is 8.45. The maximum atomic E-state index is 6.49. The highest BCUT2D eigenvalue weighted by molar-refractivity contribution is 7.99. The Bertz CT molecular complexity index is 654. The zero-order chi connectivity index (χ0) is 17.5. The van der Waals surface area contributed by atoms with Gasteiger partial charge in [0.05, 0.1) is 0 Å². The van der Waals surface area contributed by atoms with Crippen molar-refractivity contribution in [2.75, 3.05) is 20.6 Å². The van der Waals surface area contributed by atoms with Gasteiger partial charge in [-0.1, -0.05) is 55.8 Å². The number of hydrogen-bond donors (Lipinski definition) is 0. The Morgan fingerprint density at radius 2 is 1.79 bits per heavy atom. The van der Waals surface area contributed by atoms with Crippen molar-refractivity contribution in [1.82, 2.24) is 4.90 Å². The van der Waals surface area contributed by atoms with Crippen LogP contribution in [0.1, 0.15) is 42.2 Å². The molecular weight excluding hydrogens is 334 g/mol. The monoisotopic (exact) mass is 361 g/mol. The van der Waals surface area contributed by atoms with Crippen LogP contribution in [0.2, 0.25) is 5.02 Å². The fourth-order valence-electron chi connectivity index (χ4n) is 2.79. The van der Waals surface area contributed by atoms with E-state index in [0.29, 0.717) is 5.25 Å². The van der Waals surface area contributed by atoms with Gasteiger partial charge in [0.25, 0.3) is 0 Å². The van der Waals surface area contributed by atoms with E-state index >= 15 is 0 Å². The number of nitrogens with zero attached hydrogens (tertiary/aromatic N) is 1. The Balaban J connectivity index is 2.30. The summed E-state index contributed by atoms with van der Waals surface area (Å²) in [6.07, 6.45) is 3.24. The average molecular weight is 362 g/mol. The van der Waals surface area contributed by atoms with Crippen molar-refractivity contribution in [3.8, 4) is 0 Å². The second kappa shape index (κ2) is 9.50. The van der Waals surface area contributed by atoms with E-state index in [4.69, 9.17) is 11.6 Å². The summed E-state index contributed by atoms with van der Waals surface area (Å²) in [6.45, 7) is 5.51. The second-order valence-electron chi connectivity index (χ2n) is 6.37. The Morgan fingerprint density at radius 3 is 2.42 bits per heavy atom. The predicted molar refractivity (Wildman–Crippen MR) is 108 cm³/mol. The lowest BCUT2D eigenvalue weighted by Crippen LogP contribution is -2.15. The van der Waals surface area contributed by atoms with Crippen molar-refractivity contribution >= 4 is 23.4 Å². The van der Waals surface area contributed by atoms with E-state index in [1.807, 2.05) is 23.9 Å². The van der Waals surface area contributed by atoms with Crippen LogP contribution in [-0.4, -0.2) is 25.5 Å². The van der Waals surface area contributed by atoms with E-state index in [0.717, 1.165) is 30.8 Å². The molecule has 0 aromatic heterocycles. The Kier molecular flexibility index (Phi) is 7.67. The predicted octanol–water partition coefficient (Wildman–Crippen LogP) is 6.25. The lowest BCUT2D eigenvalue weighted by molar-refractivity contribution is 0.399. The van der Waals surface area contributed by atoms with Crippen molar-refractivity contribution < 1.29 is 0 Å². The van der Waals surface area contributed by atoms with E-state index in [1.165, 1.54) is 21.6 Å². The molecule has 0 bridgehead atoms. The summed E-state index contributed by atoms with van der Waals surface area (Å²) in [4.78, 5) is 3.63. The molecule has 0 heterocycles. The van der Waals surface area contributed by atoms with Crippen LogP contribution < -0.4 is 0 Å². The lowest BCUT2D eigenvalue weighted by Gasteiger charge is -2.22. The summed E-state index contributed by atoms with van der Waals surface area (Å²) in [6, 6.07) is 15.2. The van der Waals surface area contributed by atoms with E-state index in [1.54, 1.807) is 0 Å². The highest BCUT2D eigenvalue weighted by Crippen LogP contribution is 2.42. The van der Waals surface area contributed by atoms with Crippen molar-refractivity contribution in [1.29, 1.82) is 0 Å². The van der Waals surface area contributed by atoms with Crippen LogP contribution >= 0.6 is 23.4 Å². The molecule has 1 atom stereocenters. The van der Waals surface area contributed by atoms with Crippen LogP contribution in [0, 0.1) is 0 Å². The molecule has 1 unspecified atom stereocenters. The first-order chi connectivity index (χ1) is 11.5. The third-order valence-corrected chi connectivity index (χ3v) is 6.04. The lowest BCUT2D eigenvalue weighted by atomic mass is 10.1. The number of halogens is 1. The SMILES string of the molecule is CCc1ccc(SC(CCN(C)C)c2ccccc2Cl)c(CC)c1. The maximum Gasteiger partial charge on any atom is 0.0449 e. The van der Waals surface area contributed by atoms with Crippen molar-refractivity contribution in [3.63, 3.8) is 0 Å². The number of thioether (sulfide) groups is 1. The fourth-order valence-corrected chi connectivity index (χ4v) is 4.48. The molecule has 0 saturated heterocycles. The van der Waals surface area contributed by atoms with Crippen LogP contribution in [0.25, 0.3) is 0 Å². The van der Waals surface area contributed by atoms with Crippen LogP contribution in [0.5, 0.6) is 0 Å². The summed E-state index contributed by atoms with van der Waals surface area (Å²) in [5.74, 6) is 0. The topological polar surface area (TPSA) is 3.24 Å². The molecule has 0 aliphatic carbocycles. The Hall–Kier alpha value is -0.960. The molecule has 0 spiro atoms. The van der Waals surface area contributed by atoms with E-state index in [9.17, 15) is 0 Å². The van der Waals surface area contributed by atoms with Gasteiger partial charge in [-0.05, 0) is 68.7 Å². The molecule has 2 aromatic carbocycles. The Labute approximate surface area is 156 Å². The molecule has 0 aliphatic heterocycles. The van der Waals surface area contributed by atoms with E-state index < -0.39 is 0 Å². The van der Waals surface area contributed by atoms with Gasteiger partial charge in [-0.3, -0.25) is 0 Å². The number of hydrogen-bond acceptors (Lipinski definition) is 2. The minimum absolute atomic E-state index is 0.374. The highest BCUT2D eigenvalue weighted by atomic mass is 35.5. The smallest absolute Gasteiger partial charge is 0.0449 e. The third kappa shape index (κ3) is 5.27. The summed E-state index contributed by atoms with van der Waals surface area (Å²) < 4.78 is 0. The average Bonchev–Trinajstić information content (AvgIpc) is 2.59. The van der Waals surface area contributed by atoms with Gasteiger partial charge in [0.2, 0.25) is 0 Å². The third-order valence-electron chi connectivity index (χ3n) is 4.27. The highest BCUT2D eigenvalue weighted by Gasteiger charge is 2.18. The number of benzene rings is 2. The van der Waals surface area contributed by atoms with Gasteiger partial charge in [0.1, 0.15) is 0 Å². The molecule has 0 saturated carbocycles. The Morgan fingerprint density at radius 1 is 1.04 bits per heavy atom. The van der Waals surface area contributed by atoms with Gasteiger partial charge < -0.3 is 4.90 Å². The van der Waals surface area contributed by atoms with Crippen LogP contribution in [0.4, 0.5) is 0 Å². The molecule has 0 amide bonds. The summed E-state index contributed by atoms with van der Waals surface area (Å²) in [5.41, 5.74) is 4.10. The van der Waals surface area contributed by atoms with Crippen molar-refractivity contribution in [2.45, 2.75) is 43.3 Å². The molecule has 1 nitrogen and oxygen atoms in total. The maximum absolute atomic E-state index is 6.49. The number of aryl methyl sites for hydroxylation is 2. The first-order valence-electron chi connectivity index (χ1n) is 8.72. The molecule has 0 fully saturated rings. The molecule has 3 heteroatoms. The van der Waals surface area contributed by atoms with Crippen molar-refractivity contribution in [2.24, 2.45) is 0 Å². The fraction of sp³-hybridized carbons (Fsp3) is 0.429. The van der Waals surface area contributed by atoms with Gasteiger partial charge in [-0.15, -0.1) is 11.8 Å². The van der Waals surface area contributed by atoms with E-state index in [-0.39, 0.29) is 0 Å². The first-order valence-corrected chi connectivity index (χ1v) is 9.98. The molecule has 0 radical (unpaired) electrons. The van der Waals surface area contributed by atoms with Gasteiger partial charge >= 0.3 is 0 Å². The summed E-state index contributed by atoms with van der Waals surface area (Å²) in [7, 11) is 4.25. The molecule has 0 aliphatic rings. The zero-order valence-electron chi connectivity index (χ0n) is 15.2. The molecule has 130 valence electrons. The molecular formula is C21H28ClNS. The molecule has 24 heavy (non-hydrogen) atoms.